The molecule has 1 aliphatic rings. The highest BCUT2D eigenvalue weighted by molar-refractivity contribution is 6.21. The van der Waals surface area contributed by atoms with E-state index in [0.717, 1.165) is 37.7 Å². The number of fused-ring (bicyclic) bond motifs is 1. The third-order valence-corrected chi connectivity index (χ3v) is 6.21. The van der Waals surface area contributed by atoms with Gasteiger partial charge in [-0.2, -0.15) is 0 Å². The van der Waals surface area contributed by atoms with Crippen LogP contribution in [0.3, 0.4) is 0 Å². The Labute approximate surface area is 201 Å². The summed E-state index contributed by atoms with van der Waals surface area (Å²) in [6, 6.07) is 13.5. The summed E-state index contributed by atoms with van der Waals surface area (Å²) in [5, 5.41) is 10.6. The number of imide groups is 1. The van der Waals surface area contributed by atoms with Crippen LogP contribution in [0.25, 0.3) is 0 Å². The largest absolute Gasteiger partial charge is 0.377 e. The number of non-ortho nitro benzene ring substituents is 1. The summed E-state index contributed by atoms with van der Waals surface area (Å²) in [5.74, 6) is -0.310. The molecule has 7 heteroatoms. The van der Waals surface area contributed by atoms with Gasteiger partial charge in [0, 0.05) is 25.3 Å². The van der Waals surface area contributed by atoms with E-state index in [2.05, 4.69) is 0 Å². The molecule has 0 aliphatic carbocycles. The molecule has 0 N–H and O–H groups in total. The fourth-order valence-corrected chi connectivity index (χ4v) is 4.23. The van der Waals surface area contributed by atoms with Crippen LogP contribution >= 0.6 is 0 Å². The van der Waals surface area contributed by atoms with Gasteiger partial charge >= 0.3 is 0 Å². The van der Waals surface area contributed by atoms with Gasteiger partial charge in [-0.05, 0) is 42.7 Å². The van der Waals surface area contributed by atoms with Crippen LogP contribution in [0.4, 0.5) is 5.69 Å². The maximum Gasteiger partial charge on any atom is 0.269 e. The molecule has 0 aromatic heterocycles. The first kappa shape index (κ1) is 25.6. The molecule has 0 radical (unpaired) electrons. The molecule has 0 unspecified atom stereocenters. The number of carbonyl (C=O) groups excluding carboxylic acids is 2. The average Bonchev–Trinajstić information content (AvgIpc) is 3.09. The Balaban J connectivity index is 1.11. The van der Waals surface area contributed by atoms with E-state index in [1.54, 1.807) is 36.4 Å². The first-order valence-corrected chi connectivity index (χ1v) is 12.3. The number of hydrogen-bond acceptors (Lipinski definition) is 5. The highest BCUT2D eigenvalue weighted by atomic mass is 16.6. The number of amides is 2. The molecule has 0 bridgehead atoms. The summed E-state index contributed by atoms with van der Waals surface area (Å²) in [6.45, 7) is 1.72. The second-order valence-corrected chi connectivity index (χ2v) is 8.82. The van der Waals surface area contributed by atoms with Crippen molar-refractivity contribution in [1.82, 2.24) is 4.90 Å². The Bertz CT molecular complexity index is 923. The quantitative estimate of drug-likeness (QED) is 0.125. The van der Waals surface area contributed by atoms with Gasteiger partial charge in [0.25, 0.3) is 17.5 Å². The normalized spacial score (nSPS) is 12.9. The number of nitro groups is 1. The molecule has 34 heavy (non-hydrogen) atoms. The lowest BCUT2D eigenvalue weighted by molar-refractivity contribution is -0.384. The summed E-state index contributed by atoms with van der Waals surface area (Å²) in [6.07, 6.45) is 11.3. The minimum Gasteiger partial charge on any atom is -0.377 e. The SMILES string of the molecule is O=C1c2ccccc2C(=O)N1CCCCCCCCCCCCOCc1ccc([N+](=O)[O-])cc1. The lowest BCUT2D eigenvalue weighted by Crippen LogP contribution is -2.30. The van der Waals surface area contributed by atoms with E-state index >= 15 is 0 Å². The Morgan fingerprint density at radius 2 is 1.21 bits per heavy atom. The summed E-state index contributed by atoms with van der Waals surface area (Å²) < 4.78 is 5.66. The van der Waals surface area contributed by atoms with E-state index in [1.807, 2.05) is 0 Å². The van der Waals surface area contributed by atoms with Gasteiger partial charge < -0.3 is 4.74 Å². The van der Waals surface area contributed by atoms with Crippen molar-refractivity contribution < 1.29 is 19.2 Å². The molecule has 2 aromatic carbocycles. The molecule has 3 rings (SSSR count). The minimum atomic E-state index is -0.397. The van der Waals surface area contributed by atoms with E-state index in [9.17, 15) is 19.7 Å². The van der Waals surface area contributed by atoms with Crippen LogP contribution in [0.15, 0.2) is 48.5 Å². The fraction of sp³-hybridized carbons (Fsp3) is 0.481. The predicted octanol–water partition coefficient (Wildman–Crippen LogP) is 6.31. The zero-order chi connectivity index (χ0) is 24.2. The molecule has 0 spiro atoms. The lowest BCUT2D eigenvalue weighted by atomic mass is 10.1. The van der Waals surface area contributed by atoms with Gasteiger partial charge in [0.15, 0.2) is 0 Å². The molecule has 2 amide bonds. The number of benzene rings is 2. The van der Waals surface area contributed by atoms with Crippen LogP contribution in [0, 0.1) is 10.1 Å². The zero-order valence-electron chi connectivity index (χ0n) is 19.7. The number of carbonyl (C=O) groups is 2. The molecular formula is C27H34N2O5. The van der Waals surface area contributed by atoms with Gasteiger partial charge in [0.05, 0.1) is 22.7 Å². The molecule has 7 nitrogen and oxygen atoms in total. The molecule has 0 saturated carbocycles. The topological polar surface area (TPSA) is 89.8 Å². The van der Waals surface area contributed by atoms with Crippen molar-refractivity contribution in [2.45, 2.75) is 70.8 Å². The minimum absolute atomic E-state index is 0.102. The molecule has 2 aromatic rings. The molecule has 0 saturated heterocycles. The van der Waals surface area contributed by atoms with E-state index in [0.29, 0.717) is 30.9 Å². The van der Waals surface area contributed by atoms with Crippen LogP contribution in [0.5, 0.6) is 0 Å². The van der Waals surface area contributed by atoms with Crippen LogP contribution in [-0.4, -0.2) is 34.8 Å². The standard InChI is InChI=1S/C27H34N2O5/c30-26-24-13-9-10-14-25(24)27(31)28(26)19-11-7-5-3-1-2-4-6-8-12-20-34-21-22-15-17-23(18-16-22)29(32)33/h9-10,13-18H,1-8,11-12,19-21H2. The summed E-state index contributed by atoms with van der Waals surface area (Å²) in [4.78, 5) is 36.3. The fourth-order valence-electron chi connectivity index (χ4n) is 4.23. The lowest BCUT2D eigenvalue weighted by Gasteiger charge is -2.13. The van der Waals surface area contributed by atoms with Crippen molar-refractivity contribution in [3.05, 3.63) is 75.3 Å². The molecule has 182 valence electrons. The number of unbranched alkanes of at least 4 members (excludes halogenated alkanes) is 9. The maximum absolute atomic E-state index is 12.3. The number of nitrogens with zero attached hydrogens (tertiary/aromatic N) is 2. The second kappa shape index (κ2) is 13.6. The number of rotatable bonds is 16. The van der Waals surface area contributed by atoms with E-state index in [-0.39, 0.29) is 17.5 Å². The average molecular weight is 467 g/mol. The monoisotopic (exact) mass is 466 g/mol. The molecule has 0 fully saturated rings. The van der Waals surface area contributed by atoms with Gasteiger partial charge in [-0.15, -0.1) is 0 Å². The van der Waals surface area contributed by atoms with E-state index in [4.69, 9.17) is 4.74 Å². The van der Waals surface area contributed by atoms with E-state index in [1.165, 1.54) is 49.1 Å². The Hall–Kier alpha value is -3.06. The summed E-state index contributed by atoms with van der Waals surface area (Å²) in [5.41, 5.74) is 2.12. The molecule has 1 aliphatic heterocycles. The summed E-state index contributed by atoms with van der Waals surface area (Å²) in [7, 11) is 0. The van der Waals surface area contributed by atoms with Crippen molar-refractivity contribution in [2.75, 3.05) is 13.2 Å². The van der Waals surface area contributed by atoms with Gasteiger partial charge in [0.1, 0.15) is 0 Å². The predicted molar refractivity (Wildman–Crippen MR) is 131 cm³/mol. The maximum atomic E-state index is 12.3. The first-order chi connectivity index (χ1) is 16.6. The van der Waals surface area contributed by atoms with Gasteiger partial charge in [-0.3, -0.25) is 24.6 Å². The molecular weight excluding hydrogens is 432 g/mol. The number of ether oxygens (including phenoxy) is 1. The zero-order valence-corrected chi connectivity index (χ0v) is 19.7. The van der Waals surface area contributed by atoms with Crippen LogP contribution in [0.2, 0.25) is 0 Å². The highest BCUT2D eigenvalue weighted by Gasteiger charge is 2.34. The molecule has 0 atom stereocenters. The van der Waals surface area contributed by atoms with Crippen LogP contribution < -0.4 is 0 Å². The number of hydrogen-bond donors (Lipinski definition) is 0. The summed E-state index contributed by atoms with van der Waals surface area (Å²) >= 11 is 0. The first-order valence-electron chi connectivity index (χ1n) is 12.3. The third-order valence-electron chi connectivity index (χ3n) is 6.21. The van der Waals surface area contributed by atoms with Crippen molar-refractivity contribution in [2.24, 2.45) is 0 Å². The van der Waals surface area contributed by atoms with Crippen LogP contribution in [0.1, 0.15) is 90.5 Å². The number of nitro benzene ring substituents is 1. The van der Waals surface area contributed by atoms with Crippen molar-refractivity contribution in [1.29, 1.82) is 0 Å². The van der Waals surface area contributed by atoms with Gasteiger partial charge in [-0.1, -0.05) is 63.5 Å². The van der Waals surface area contributed by atoms with Crippen molar-refractivity contribution >= 4 is 17.5 Å². The Morgan fingerprint density at radius 3 is 1.74 bits per heavy atom. The van der Waals surface area contributed by atoms with Crippen molar-refractivity contribution in [3.8, 4) is 0 Å². The van der Waals surface area contributed by atoms with Gasteiger partial charge in [-0.25, -0.2) is 0 Å². The smallest absolute Gasteiger partial charge is 0.269 e. The van der Waals surface area contributed by atoms with E-state index < -0.39 is 4.92 Å². The van der Waals surface area contributed by atoms with Crippen LogP contribution in [-0.2, 0) is 11.3 Å². The Morgan fingerprint density at radius 1 is 0.706 bits per heavy atom. The highest BCUT2D eigenvalue weighted by Crippen LogP contribution is 2.23. The Kier molecular flexibility index (Phi) is 10.2. The molecule has 1 heterocycles. The third kappa shape index (κ3) is 7.48. The van der Waals surface area contributed by atoms with Gasteiger partial charge in [0.2, 0.25) is 0 Å². The second-order valence-electron chi connectivity index (χ2n) is 8.82. The van der Waals surface area contributed by atoms with Crippen molar-refractivity contribution in [3.63, 3.8) is 0 Å².